The molecule has 0 bridgehead atoms. The molecule has 1 unspecified atom stereocenters. The first-order valence-electron chi connectivity index (χ1n) is 2.83. The Balaban J connectivity index is 4.62. The maximum atomic E-state index is 12.6. The van der Waals surface area contributed by atoms with Crippen LogP contribution < -0.4 is 5.73 Å². The van der Waals surface area contributed by atoms with Gasteiger partial charge in [0.1, 0.15) is 0 Å². The van der Waals surface area contributed by atoms with Crippen molar-refractivity contribution in [1.82, 2.24) is 0 Å². The minimum atomic E-state index is -4.06. The summed E-state index contributed by atoms with van der Waals surface area (Å²) in [7, 11) is 0. The summed E-state index contributed by atoms with van der Waals surface area (Å²) in [6.45, 7) is 0. The monoisotopic (exact) mass is 203 g/mol. The van der Waals surface area contributed by atoms with Gasteiger partial charge in [-0.1, -0.05) is 0 Å². The van der Waals surface area contributed by atoms with Crippen molar-refractivity contribution >= 4 is 17.7 Å². The number of alkyl halides is 3. The van der Waals surface area contributed by atoms with Gasteiger partial charge in [0.05, 0.1) is 5.75 Å². The van der Waals surface area contributed by atoms with Gasteiger partial charge in [-0.3, -0.25) is 5.73 Å². The standard InChI is InChI=1S/C5H8F3NO2S/c1-12-2-4(6,7)5(8,9)3(10)11/h2,9H2,1H3,(H,10,11). The molecule has 0 aliphatic carbocycles. The van der Waals surface area contributed by atoms with Gasteiger partial charge < -0.3 is 5.11 Å². The van der Waals surface area contributed by atoms with E-state index in [0.717, 1.165) is 0 Å². The predicted octanol–water partition coefficient (Wildman–Crippen LogP) is 0.694. The van der Waals surface area contributed by atoms with Gasteiger partial charge in [0.2, 0.25) is 0 Å². The van der Waals surface area contributed by atoms with Crippen molar-refractivity contribution in [2.24, 2.45) is 5.73 Å². The van der Waals surface area contributed by atoms with Crippen molar-refractivity contribution in [3.63, 3.8) is 0 Å². The number of rotatable bonds is 4. The van der Waals surface area contributed by atoms with Gasteiger partial charge in [0, 0.05) is 0 Å². The summed E-state index contributed by atoms with van der Waals surface area (Å²) < 4.78 is 37.7. The average molecular weight is 203 g/mol. The van der Waals surface area contributed by atoms with Crippen LogP contribution in [0.15, 0.2) is 0 Å². The number of hydrogen-bond donors (Lipinski definition) is 2. The number of nitrogens with two attached hydrogens (primary N) is 1. The third kappa shape index (κ3) is 2.04. The largest absolute Gasteiger partial charge is 0.478 e. The van der Waals surface area contributed by atoms with Gasteiger partial charge in [-0.2, -0.15) is 20.5 Å². The Labute approximate surface area is 71.1 Å². The van der Waals surface area contributed by atoms with Crippen LogP contribution in [0.1, 0.15) is 0 Å². The van der Waals surface area contributed by atoms with E-state index in [1.165, 1.54) is 6.26 Å². The zero-order valence-corrected chi connectivity index (χ0v) is 7.00. The number of aliphatic carboxylic acids is 1. The zero-order valence-electron chi connectivity index (χ0n) is 6.18. The lowest BCUT2D eigenvalue weighted by Gasteiger charge is -2.24. The second-order valence-electron chi connectivity index (χ2n) is 2.15. The molecule has 0 fully saturated rings. The lowest BCUT2D eigenvalue weighted by atomic mass is 10.1. The minimum absolute atomic E-state index is 0.620. The van der Waals surface area contributed by atoms with Crippen molar-refractivity contribution in [3.05, 3.63) is 0 Å². The molecule has 0 heterocycles. The number of carbonyl (C=O) groups is 1. The Morgan fingerprint density at radius 1 is 1.58 bits per heavy atom. The van der Waals surface area contributed by atoms with Crippen LogP contribution in [-0.2, 0) is 4.79 Å². The number of carboxylic acids is 1. The fourth-order valence-electron chi connectivity index (χ4n) is 0.443. The van der Waals surface area contributed by atoms with E-state index < -0.39 is 23.4 Å². The zero-order chi connectivity index (χ0) is 9.99. The fourth-order valence-corrected chi connectivity index (χ4v) is 1.02. The number of thioether (sulfide) groups is 1. The SMILES string of the molecule is CSCC(F)(F)C(N)(F)C(=O)O. The lowest BCUT2D eigenvalue weighted by molar-refractivity contribution is -0.178. The first-order chi connectivity index (χ1) is 5.25. The summed E-state index contributed by atoms with van der Waals surface area (Å²) in [5.74, 6) is -11.4. The molecule has 0 aromatic heterocycles. The highest BCUT2D eigenvalue weighted by atomic mass is 32.2. The first-order valence-corrected chi connectivity index (χ1v) is 4.23. The highest BCUT2D eigenvalue weighted by molar-refractivity contribution is 7.98. The van der Waals surface area contributed by atoms with Gasteiger partial charge >= 0.3 is 17.7 Å². The molecule has 1 atom stereocenters. The maximum absolute atomic E-state index is 12.6. The first kappa shape index (κ1) is 11.6. The third-order valence-corrected chi connectivity index (χ3v) is 1.82. The number of carboxylic acid groups (broad SMARTS) is 1. The minimum Gasteiger partial charge on any atom is -0.478 e. The summed E-state index contributed by atoms with van der Waals surface area (Å²) in [5, 5.41) is 8.01. The molecule has 0 aromatic carbocycles. The van der Waals surface area contributed by atoms with Crippen LogP contribution >= 0.6 is 11.8 Å². The lowest BCUT2D eigenvalue weighted by Crippen LogP contribution is -2.59. The van der Waals surface area contributed by atoms with E-state index in [9.17, 15) is 18.0 Å². The van der Waals surface area contributed by atoms with E-state index in [4.69, 9.17) is 5.11 Å². The van der Waals surface area contributed by atoms with E-state index in [1.54, 1.807) is 0 Å². The van der Waals surface area contributed by atoms with E-state index in [2.05, 4.69) is 5.73 Å². The van der Waals surface area contributed by atoms with E-state index in [1.807, 2.05) is 0 Å². The van der Waals surface area contributed by atoms with Crippen LogP contribution in [0, 0.1) is 0 Å². The molecule has 0 spiro atoms. The molecule has 0 saturated carbocycles. The van der Waals surface area contributed by atoms with Gasteiger partial charge in [0.25, 0.3) is 0 Å². The van der Waals surface area contributed by atoms with Crippen LogP contribution in [-0.4, -0.2) is 34.8 Å². The molecule has 0 rings (SSSR count). The summed E-state index contributed by atoms with van der Waals surface area (Å²) in [4.78, 5) is 9.95. The topological polar surface area (TPSA) is 63.3 Å². The number of halogens is 3. The van der Waals surface area contributed by atoms with Gasteiger partial charge in [-0.05, 0) is 6.26 Å². The molecule has 0 radical (unpaired) electrons. The van der Waals surface area contributed by atoms with Crippen LogP contribution in [0.25, 0.3) is 0 Å². The Hall–Kier alpha value is -0.430. The molecule has 0 amide bonds. The summed E-state index contributed by atoms with van der Waals surface area (Å²) in [6, 6.07) is 0. The molecule has 3 N–H and O–H groups in total. The summed E-state index contributed by atoms with van der Waals surface area (Å²) in [5.41, 5.74) is 4.29. The van der Waals surface area contributed by atoms with Crippen molar-refractivity contribution in [1.29, 1.82) is 0 Å². The van der Waals surface area contributed by atoms with Crippen molar-refractivity contribution < 1.29 is 23.1 Å². The molecule has 72 valence electrons. The summed E-state index contributed by atoms with van der Waals surface area (Å²) in [6.07, 6.45) is 1.30. The van der Waals surface area contributed by atoms with Crippen molar-refractivity contribution in [3.8, 4) is 0 Å². The van der Waals surface area contributed by atoms with E-state index in [-0.39, 0.29) is 0 Å². The Morgan fingerprint density at radius 3 is 2.25 bits per heavy atom. The Bertz CT molecular complexity index is 186. The molecule has 3 nitrogen and oxygen atoms in total. The number of hydrogen-bond acceptors (Lipinski definition) is 3. The van der Waals surface area contributed by atoms with Crippen LogP contribution in [0.2, 0.25) is 0 Å². The Kier molecular flexibility index (Phi) is 3.40. The van der Waals surface area contributed by atoms with Gasteiger partial charge in [-0.15, -0.1) is 0 Å². The van der Waals surface area contributed by atoms with E-state index >= 15 is 0 Å². The summed E-state index contributed by atoms with van der Waals surface area (Å²) >= 11 is 0.620. The van der Waals surface area contributed by atoms with Crippen LogP contribution in [0.5, 0.6) is 0 Å². The van der Waals surface area contributed by atoms with Crippen LogP contribution in [0.4, 0.5) is 13.2 Å². The normalized spacial score (nSPS) is 17.1. The molecular formula is C5H8F3NO2S. The van der Waals surface area contributed by atoms with Crippen LogP contribution in [0.3, 0.4) is 0 Å². The predicted molar refractivity (Wildman–Crippen MR) is 39.0 cm³/mol. The molecular weight excluding hydrogens is 195 g/mol. The highest BCUT2D eigenvalue weighted by Crippen LogP contribution is 2.31. The van der Waals surface area contributed by atoms with Gasteiger partial charge in [0.15, 0.2) is 0 Å². The second kappa shape index (κ2) is 3.53. The molecule has 0 aliphatic heterocycles. The van der Waals surface area contributed by atoms with E-state index in [0.29, 0.717) is 11.8 Å². The molecule has 0 aromatic rings. The third-order valence-electron chi connectivity index (χ3n) is 1.17. The Morgan fingerprint density at radius 2 is 2.00 bits per heavy atom. The smallest absolute Gasteiger partial charge is 0.363 e. The average Bonchev–Trinajstić information content (AvgIpc) is 1.86. The van der Waals surface area contributed by atoms with Crippen molar-refractivity contribution in [2.75, 3.05) is 12.0 Å². The molecule has 0 saturated heterocycles. The highest BCUT2D eigenvalue weighted by Gasteiger charge is 2.57. The second-order valence-corrected chi connectivity index (χ2v) is 3.02. The molecule has 12 heavy (non-hydrogen) atoms. The fraction of sp³-hybridized carbons (Fsp3) is 0.800. The molecule has 7 heteroatoms. The van der Waals surface area contributed by atoms with Crippen molar-refractivity contribution in [2.45, 2.75) is 11.7 Å². The quantitative estimate of drug-likeness (QED) is 0.660. The molecule has 0 aliphatic rings. The maximum Gasteiger partial charge on any atom is 0.363 e. The van der Waals surface area contributed by atoms with Gasteiger partial charge in [-0.25, -0.2) is 9.18 Å².